The van der Waals surface area contributed by atoms with E-state index in [9.17, 15) is 18.0 Å². The number of nitrogens with zero attached hydrogens (tertiary/aromatic N) is 1. The zero-order chi connectivity index (χ0) is 18.1. The van der Waals surface area contributed by atoms with Gasteiger partial charge >= 0.3 is 12.1 Å². The van der Waals surface area contributed by atoms with Crippen LogP contribution in [0, 0.1) is 0 Å². The smallest absolute Gasteiger partial charge is 0.417 e. The number of rotatable bonds is 4. The number of halogens is 3. The Balaban J connectivity index is 3.34. The highest BCUT2D eigenvalue weighted by Gasteiger charge is 2.41. The average Bonchev–Trinajstić information content (AvgIpc) is 2.36. The lowest BCUT2D eigenvalue weighted by Gasteiger charge is -2.36. The predicted octanol–water partition coefficient (Wildman–Crippen LogP) is 4.66. The van der Waals surface area contributed by atoms with Gasteiger partial charge in [-0.3, -0.25) is 0 Å². The molecule has 0 N–H and O–H groups in total. The molecule has 0 amide bonds. The summed E-state index contributed by atoms with van der Waals surface area (Å²) in [5.74, 6) is -0.983. The maximum absolute atomic E-state index is 12.9. The number of alkyl halides is 3. The molecule has 0 saturated heterocycles. The van der Waals surface area contributed by atoms with E-state index >= 15 is 0 Å². The summed E-state index contributed by atoms with van der Waals surface area (Å²) < 4.78 is 49.3. The quantitative estimate of drug-likeness (QED) is 0.586. The van der Waals surface area contributed by atoms with Crippen molar-refractivity contribution in [3.8, 4) is 5.88 Å². The van der Waals surface area contributed by atoms with Crippen molar-refractivity contribution >= 4 is 14.3 Å². The molecule has 0 fully saturated rings. The third-order valence-electron chi connectivity index (χ3n) is 3.83. The maximum atomic E-state index is 12.9. The fourth-order valence-corrected chi connectivity index (χ4v) is 2.39. The number of carbonyl (C=O) groups is 1. The van der Waals surface area contributed by atoms with Gasteiger partial charge in [0.05, 0.1) is 12.2 Å². The second-order valence-electron chi connectivity index (χ2n) is 6.66. The van der Waals surface area contributed by atoms with Crippen LogP contribution in [0.1, 0.15) is 43.6 Å². The van der Waals surface area contributed by atoms with Crippen LogP contribution in [0.15, 0.2) is 12.3 Å². The zero-order valence-corrected chi connectivity index (χ0v) is 15.2. The minimum absolute atomic E-state index is 0.0502. The van der Waals surface area contributed by atoms with Gasteiger partial charge in [-0.25, -0.2) is 9.78 Å². The summed E-state index contributed by atoms with van der Waals surface area (Å²) in [5.41, 5.74) is -1.31. The van der Waals surface area contributed by atoms with E-state index in [1.54, 1.807) is 6.92 Å². The highest BCUT2D eigenvalue weighted by Crippen LogP contribution is 2.38. The van der Waals surface area contributed by atoms with Crippen LogP contribution in [-0.2, 0) is 10.9 Å². The molecule has 0 aliphatic heterocycles. The number of ether oxygens (including phenoxy) is 1. The fraction of sp³-hybridized carbons (Fsp3) is 0.600. The molecule has 0 aromatic carbocycles. The predicted molar refractivity (Wildman–Crippen MR) is 83.0 cm³/mol. The second-order valence-corrected chi connectivity index (χ2v) is 11.4. The molecule has 130 valence electrons. The van der Waals surface area contributed by atoms with Crippen molar-refractivity contribution < 1.29 is 27.1 Å². The van der Waals surface area contributed by atoms with Gasteiger partial charge in [-0.05, 0) is 31.1 Å². The molecule has 1 aromatic rings. The summed E-state index contributed by atoms with van der Waals surface area (Å²) in [5, 5.41) is -0.191. The van der Waals surface area contributed by atoms with E-state index in [1.165, 1.54) is 0 Å². The Bertz CT molecular complexity index is 580. The summed E-state index contributed by atoms with van der Waals surface area (Å²) in [6, 6.07) is 0.730. The van der Waals surface area contributed by atoms with Crippen molar-refractivity contribution in [3.63, 3.8) is 0 Å². The van der Waals surface area contributed by atoms with Crippen LogP contribution in [0.4, 0.5) is 13.2 Å². The van der Waals surface area contributed by atoms with Gasteiger partial charge in [-0.1, -0.05) is 20.8 Å². The minimum Gasteiger partial charge on any atom is -0.530 e. The van der Waals surface area contributed by atoms with Gasteiger partial charge in [0.15, 0.2) is 0 Å². The Labute approximate surface area is 135 Å². The first-order valence-corrected chi connectivity index (χ1v) is 10.1. The average molecular weight is 349 g/mol. The van der Waals surface area contributed by atoms with Crippen LogP contribution in [0.25, 0.3) is 0 Å². The van der Waals surface area contributed by atoms with Gasteiger partial charge < -0.3 is 9.16 Å². The first kappa shape index (κ1) is 19.5. The van der Waals surface area contributed by atoms with Crippen LogP contribution >= 0.6 is 0 Å². The Morgan fingerprint density at radius 3 is 2.26 bits per heavy atom. The molecular formula is C15H22F3NO3Si. The normalized spacial score (nSPS) is 12.9. The molecular weight excluding hydrogens is 327 g/mol. The van der Waals surface area contributed by atoms with Crippen LogP contribution in [-0.4, -0.2) is 25.9 Å². The van der Waals surface area contributed by atoms with Gasteiger partial charge in [-0.15, -0.1) is 0 Å². The molecule has 0 atom stereocenters. The maximum Gasteiger partial charge on any atom is 0.417 e. The van der Waals surface area contributed by atoms with Crippen molar-refractivity contribution in [2.24, 2.45) is 0 Å². The third kappa shape index (κ3) is 4.70. The first-order valence-electron chi connectivity index (χ1n) is 7.23. The highest BCUT2D eigenvalue weighted by atomic mass is 28.4. The van der Waals surface area contributed by atoms with E-state index in [2.05, 4.69) is 4.98 Å². The van der Waals surface area contributed by atoms with E-state index in [4.69, 9.17) is 9.16 Å². The molecule has 0 radical (unpaired) electrons. The lowest BCUT2D eigenvalue weighted by Crippen LogP contribution is -2.44. The zero-order valence-electron chi connectivity index (χ0n) is 14.2. The molecule has 0 saturated carbocycles. The number of hydrogen-bond donors (Lipinski definition) is 0. The summed E-state index contributed by atoms with van der Waals surface area (Å²) in [7, 11) is -2.36. The number of hydrogen-bond acceptors (Lipinski definition) is 4. The van der Waals surface area contributed by atoms with Crippen molar-refractivity contribution in [1.29, 1.82) is 0 Å². The van der Waals surface area contributed by atoms with Crippen LogP contribution < -0.4 is 4.43 Å². The lowest BCUT2D eigenvalue weighted by atomic mass is 10.2. The molecule has 4 nitrogen and oxygen atoms in total. The van der Waals surface area contributed by atoms with E-state index in [-0.39, 0.29) is 23.1 Å². The van der Waals surface area contributed by atoms with Gasteiger partial charge in [0.25, 0.3) is 8.32 Å². The van der Waals surface area contributed by atoms with Crippen molar-refractivity contribution in [3.05, 3.63) is 23.4 Å². The molecule has 0 aliphatic rings. The molecule has 0 bridgehead atoms. The number of pyridine rings is 1. The molecule has 1 aromatic heterocycles. The number of esters is 1. The number of carbonyl (C=O) groups excluding carboxylic acids is 1. The van der Waals surface area contributed by atoms with Gasteiger partial charge in [0, 0.05) is 6.20 Å². The molecule has 1 heterocycles. The minimum atomic E-state index is -4.59. The van der Waals surface area contributed by atoms with Crippen LogP contribution in [0.5, 0.6) is 5.88 Å². The molecule has 0 unspecified atom stereocenters. The van der Waals surface area contributed by atoms with Gasteiger partial charge in [0.1, 0.15) is 5.56 Å². The second kappa shape index (κ2) is 6.50. The Morgan fingerprint density at radius 2 is 1.83 bits per heavy atom. The Kier molecular flexibility index (Phi) is 5.51. The fourth-order valence-electron chi connectivity index (χ4n) is 1.44. The van der Waals surface area contributed by atoms with E-state index in [0.717, 1.165) is 6.07 Å². The third-order valence-corrected chi connectivity index (χ3v) is 8.15. The lowest BCUT2D eigenvalue weighted by molar-refractivity contribution is -0.137. The summed E-state index contributed by atoms with van der Waals surface area (Å²) in [6.07, 6.45) is -3.92. The van der Waals surface area contributed by atoms with Crippen LogP contribution in [0.3, 0.4) is 0 Å². The first-order chi connectivity index (χ1) is 10.3. The van der Waals surface area contributed by atoms with E-state index < -0.39 is 26.0 Å². The summed E-state index contributed by atoms with van der Waals surface area (Å²) >= 11 is 0. The molecule has 0 spiro atoms. The largest absolute Gasteiger partial charge is 0.530 e. The standard InChI is InChI=1S/C15H22F3NO3Si/c1-7-21-13(20)11-8-10(15(16,17)18)9-19-12(11)22-23(5,6)14(2,3)4/h8-9H,7H2,1-6H3. The van der Waals surface area contributed by atoms with Crippen molar-refractivity contribution in [1.82, 2.24) is 4.98 Å². The summed E-state index contributed by atoms with van der Waals surface area (Å²) in [6.45, 7) is 11.4. The molecule has 0 aliphatic carbocycles. The summed E-state index contributed by atoms with van der Waals surface area (Å²) in [4.78, 5) is 15.7. The SMILES string of the molecule is CCOC(=O)c1cc(C(F)(F)F)cnc1O[Si](C)(C)C(C)(C)C. The van der Waals surface area contributed by atoms with Gasteiger partial charge in [0.2, 0.25) is 5.88 Å². The van der Waals surface area contributed by atoms with Crippen LogP contribution in [0.2, 0.25) is 18.1 Å². The Hall–Kier alpha value is -1.57. The van der Waals surface area contributed by atoms with Crippen molar-refractivity contribution in [2.45, 2.75) is 52.0 Å². The van der Waals surface area contributed by atoms with Gasteiger partial charge in [-0.2, -0.15) is 13.2 Å². The monoisotopic (exact) mass is 349 g/mol. The molecule has 1 rings (SSSR count). The number of aromatic nitrogens is 1. The highest BCUT2D eigenvalue weighted by molar-refractivity contribution is 6.74. The molecule has 23 heavy (non-hydrogen) atoms. The van der Waals surface area contributed by atoms with Crippen molar-refractivity contribution in [2.75, 3.05) is 6.61 Å². The molecule has 8 heteroatoms. The topological polar surface area (TPSA) is 48.4 Å². The Morgan fingerprint density at radius 1 is 1.26 bits per heavy atom. The van der Waals surface area contributed by atoms with E-state index in [0.29, 0.717) is 6.20 Å². The van der Waals surface area contributed by atoms with E-state index in [1.807, 2.05) is 33.9 Å².